The Morgan fingerprint density at radius 3 is 2.71 bits per heavy atom. The molecule has 2 rings (SSSR count). The van der Waals surface area contributed by atoms with Crippen molar-refractivity contribution in [1.29, 1.82) is 0 Å². The van der Waals surface area contributed by atoms with Gasteiger partial charge in [0.15, 0.2) is 6.29 Å². The van der Waals surface area contributed by atoms with Crippen molar-refractivity contribution in [2.24, 2.45) is 0 Å². The predicted octanol–water partition coefficient (Wildman–Crippen LogP) is 3.91. The molecule has 0 spiro atoms. The lowest BCUT2D eigenvalue weighted by Crippen LogP contribution is -1.93. The topological polar surface area (TPSA) is 17.1 Å². The Bertz CT molecular complexity index is 341. The van der Waals surface area contributed by atoms with E-state index in [1.165, 1.54) is 49.0 Å². The van der Waals surface area contributed by atoms with E-state index in [0.717, 1.165) is 16.7 Å². The highest BCUT2D eigenvalue weighted by Crippen LogP contribution is 2.26. The van der Waals surface area contributed by atoms with Gasteiger partial charge < -0.3 is 0 Å². The Kier molecular flexibility index (Phi) is 3.14. The first-order valence-electron chi connectivity index (χ1n) is 5.12. The second-order valence-electron chi connectivity index (χ2n) is 3.72. The average molecular weight is 206 g/mol. The summed E-state index contributed by atoms with van der Waals surface area (Å²) in [5.41, 5.74) is 2.62. The molecule has 1 aliphatic carbocycles. The first kappa shape index (κ1) is 9.66. The Morgan fingerprint density at radius 1 is 1.21 bits per heavy atom. The van der Waals surface area contributed by atoms with Crippen LogP contribution in [0.4, 0.5) is 0 Å². The summed E-state index contributed by atoms with van der Waals surface area (Å²) in [6.45, 7) is 0. The number of allylic oxidation sites excluding steroid dienone is 1. The molecular formula is C12H14OS. The molecule has 1 aliphatic rings. The van der Waals surface area contributed by atoms with Crippen molar-refractivity contribution in [2.45, 2.75) is 32.1 Å². The highest BCUT2D eigenvalue weighted by molar-refractivity contribution is 7.11. The molecule has 0 radical (unpaired) electrons. The van der Waals surface area contributed by atoms with Crippen LogP contribution in [0.25, 0.3) is 6.08 Å². The molecule has 2 heteroatoms. The lowest BCUT2D eigenvalue weighted by atomic mass is 9.93. The summed E-state index contributed by atoms with van der Waals surface area (Å²) in [5, 5.41) is 1.99. The van der Waals surface area contributed by atoms with E-state index in [4.69, 9.17) is 0 Å². The Morgan fingerprint density at radius 2 is 2.00 bits per heavy atom. The lowest BCUT2D eigenvalue weighted by molar-refractivity contribution is 0.112. The van der Waals surface area contributed by atoms with Crippen molar-refractivity contribution < 1.29 is 4.79 Å². The van der Waals surface area contributed by atoms with Crippen LogP contribution in [0, 0.1) is 0 Å². The second kappa shape index (κ2) is 4.56. The molecule has 1 heterocycles. The van der Waals surface area contributed by atoms with Crippen molar-refractivity contribution >= 4 is 23.7 Å². The molecule has 0 aliphatic heterocycles. The monoisotopic (exact) mass is 206 g/mol. The minimum Gasteiger partial charge on any atom is -0.297 e. The zero-order chi connectivity index (χ0) is 9.80. The van der Waals surface area contributed by atoms with Gasteiger partial charge in [-0.3, -0.25) is 4.79 Å². The zero-order valence-electron chi connectivity index (χ0n) is 8.16. The van der Waals surface area contributed by atoms with E-state index in [2.05, 4.69) is 6.08 Å². The molecule has 74 valence electrons. The van der Waals surface area contributed by atoms with Crippen LogP contribution < -0.4 is 0 Å². The third kappa shape index (κ3) is 2.13. The first-order valence-corrected chi connectivity index (χ1v) is 6.00. The van der Waals surface area contributed by atoms with Crippen LogP contribution in [0.3, 0.4) is 0 Å². The van der Waals surface area contributed by atoms with Gasteiger partial charge >= 0.3 is 0 Å². The van der Waals surface area contributed by atoms with Gasteiger partial charge in [0.1, 0.15) is 0 Å². The van der Waals surface area contributed by atoms with Crippen LogP contribution in [0.15, 0.2) is 17.0 Å². The normalized spacial score (nSPS) is 16.7. The number of aldehydes is 1. The van der Waals surface area contributed by atoms with E-state index in [1.807, 2.05) is 11.4 Å². The minimum atomic E-state index is 0.864. The quantitative estimate of drug-likeness (QED) is 0.670. The van der Waals surface area contributed by atoms with Gasteiger partial charge in [0.05, 0.1) is 4.88 Å². The second-order valence-corrected chi connectivity index (χ2v) is 4.67. The third-order valence-corrected chi connectivity index (χ3v) is 3.55. The molecule has 0 unspecified atom stereocenters. The van der Waals surface area contributed by atoms with Gasteiger partial charge in [-0.15, -0.1) is 11.3 Å². The van der Waals surface area contributed by atoms with Crippen molar-refractivity contribution in [3.05, 3.63) is 27.5 Å². The molecule has 1 aromatic heterocycles. The fourth-order valence-corrected chi connectivity index (χ4v) is 2.60. The standard InChI is InChI=1S/C12H14OS/c13-9-12-11(6-7-14-12)8-10-4-2-1-3-5-10/h6-9H,1-5H2. The maximum absolute atomic E-state index is 10.7. The van der Waals surface area contributed by atoms with Crippen molar-refractivity contribution in [1.82, 2.24) is 0 Å². The fraction of sp³-hybridized carbons (Fsp3) is 0.417. The molecule has 1 aromatic rings. The molecule has 0 amide bonds. The number of hydrogen-bond acceptors (Lipinski definition) is 2. The summed E-state index contributed by atoms with van der Waals surface area (Å²) in [5.74, 6) is 0. The molecular weight excluding hydrogens is 192 g/mol. The summed E-state index contributed by atoms with van der Waals surface area (Å²) in [7, 11) is 0. The van der Waals surface area contributed by atoms with Crippen LogP contribution in [-0.2, 0) is 0 Å². The zero-order valence-corrected chi connectivity index (χ0v) is 8.98. The Hall–Kier alpha value is -0.890. The molecule has 0 aromatic carbocycles. The Labute approximate surface area is 88.5 Å². The van der Waals surface area contributed by atoms with E-state index >= 15 is 0 Å². The summed E-state index contributed by atoms with van der Waals surface area (Å²) in [6.07, 6.45) is 9.59. The van der Waals surface area contributed by atoms with Gasteiger partial charge in [0, 0.05) is 0 Å². The van der Waals surface area contributed by atoms with Crippen LogP contribution in [-0.4, -0.2) is 6.29 Å². The maximum Gasteiger partial charge on any atom is 0.160 e. The highest BCUT2D eigenvalue weighted by atomic mass is 32.1. The van der Waals surface area contributed by atoms with Crippen LogP contribution in [0.5, 0.6) is 0 Å². The molecule has 0 saturated heterocycles. The number of rotatable bonds is 2. The van der Waals surface area contributed by atoms with Gasteiger partial charge in [-0.1, -0.05) is 18.1 Å². The van der Waals surface area contributed by atoms with E-state index in [-0.39, 0.29) is 0 Å². The molecule has 1 nitrogen and oxygen atoms in total. The number of hydrogen-bond donors (Lipinski definition) is 0. The average Bonchev–Trinajstić information content (AvgIpc) is 2.67. The van der Waals surface area contributed by atoms with E-state index < -0.39 is 0 Å². The maximum atomic E-state index is 10.7. The van der Waals surface area contributed by atoms with Crippen molar-refractivity contribution in [3.63, 3.8) is 0 Å². The molecule has 0 atom stereocenters. The first-order chi connectivity index (χ1) is 6.90. The third-order valence-electron chi connectivity index (χ3n) is 2.69. The van der Waals surface area contributed by atoms with E-state index in [1.54, 1.807) is 0 Å². The number of carbonyl (C=O) groups excluding carboxylic acids is 1. The highest BCUT2D eigenvalue weighted by Gasteiger charge is 2.07. The molecule has 14 heavy (non-hydrogen) atoms. The van der Waals surface area contributed by atoms with Gasteiger partial charge in [-0.2, -0.15) is 0 Å². The number of carbonyl (C=O) groups is 1. The predicted molar refractivity (Wildman–Crippen MR) is 60.8 cm³/mol. The number of thiophene rings is 1. The van der Waals surface area contributed by atoms with Gasteiger partial charge in [0.2, 0.25) is 0 Å². The minimum absolute atomic E-state index is 0.864. The van der Waals surface area contributed by atoms with Crippen LogP contribution in [0.2, 0.25) is 0 Å². The van der Waals surface area contributed by atoms with Crippen LogP contribution in [0.1, 0.15) is 47.3 Å². The van der Waals surface area contributed by atoms with Gasteiger partial charge in [0.25, 0.3) is 0 Å². The Balaban J connectivity index is 2.18. The molecule has 1 fully saturated rings. The summed E-state index contributed by atoms with van der Waals surface area (Å²) < 4.78 is 0. The fourth-order valence-electron chi connectivity index (χ4n) is 1.92. The summed E-state index contributed by atoms with van der Waals surface area (Å²) in [4.78, 5) is 11.6. The van der Waals surface area contributed by atoms with E-state index in [0.29, 0.717) is 0 Å². The molecule has 1 saturated carbocycles. The summed E-state index contributed by atoms with van der Waals surface area (Å²) in [6, 6.07) is 2.04. The van der Waals surface area contributed by atoms with Gasteiger partial charge in [-0.05, 0) is 42.7 Å². The van der Waals surface area contributed by atoms with Crippen LogP contribution >= 0.6 is 11.3 Å². The van der Waals surface area contributed by atoms with Gasteiger partial charge in [-0.25, -0.2) is 0 Å². The lowest BCUT2D eigenvalue weighted by Gasteiger charge is -2.12. The largest absolute Gasteiger partial charge is 0.297 e. The summed E-state index contributed by atoms with van der Waals surface area (Å²) >= 11 is 1.53. The molecule has 0 bridgehead atoms. The van der Waals surface area contributed by atoms with E-state index in [9.17, 15) is 4.79 Å². The SMILES string of the molecule is O=Cc1sccc1C=C1CCCCC1. The molecule has 0 N–H and O–H groups in total. The smallest absolute Gasteiger partial charge is 0.160 e. The van der Waals surface area contributed by atoms with Crippen molar-refractivity contribution in [3.8, 4) is 0 Å². The van der Waals surface area contributed by atoms with Crippen molar-refractivity contribution in [2.75, 3.05) is 0 Å².